The first-order valence-corrected chi connectivity index (χ1v) is 8.28. The maximum Gasteiger partial charge on any atom is 0.254 e. The molecule has 0 spiro atoms. The number of nitrogens with zero attached hydrogens (tertiary/aromatic N) is 1. The van der Waals surface area contributed by atoms with Crippen molar-refractivity contribution in [2.24, 2.45) is 0 Å². The number of hydrogen-bond acceptors (Lipinski definition) is 4. The van der Waals surface area contributed by atoms with Gasteiger partial charge in [0.2, 0.25) is 0 Å². The third-order valence-electron chi connectivity index (χ3n) is 2.39. The number of hydrogen-bond donors (Lipinski definition) is 2. The Labute approximate surface area is 130 Å². The van der Waals surface area contributed by atoms with Crippen LogP contribution in [0.1, 0.15) is 19.4 Å². The molecule has 0 aliphatic rings. The zero-order chi connectivity index (χ0) is 15.5. The molecule has 1 aromatic carbocycles. The van der Waals surface area contributed by atoms with Gasteiger partial charge in [-0.2, -0.15) is 0 Å². The molecule has 0 bridgehead atoms. The van der Waals surface area contributed by atoms with Gasteiger partial charge in [0, 0.05) is 31.7 Å². The number of hydrazine groups is 1. The van der Waals surface area contributed by atoms with Crippen molar-refractivity contribution in [1.29, 1.82) is 0 Å². The molecular formula is C12H19Cl2N3O2S. The van der Waals surface area contributed by atoms with Gasteiger partial charge in [-0.3, -0.25) is 0 Å². The Morgan fingerprint density at radius 3 is 2.30 bits per heavy atom. The summed E-state index contributed by atoms with van der Waals surface area (Å²) in [5, 5.41) is 5.06. The third-order valence-corrected chi connectivity index (χ3v) is 4.69. The highest BCUT2D eigenvalue weighted by Crippen LogP contribution is 2.28. The Balaban J connectivity index is 3.17. The van der Waals surface area contributed by atoms with Gasteiger partial charge >= 0.3 is 0 Å². The van der Waals surface area contributed by atoms with E-state index < -0.39 is 10.0 Å². The lowest BCUT2D eigenvalue weighted by Crippen LogP contribution is -2.36. The Bertz CT molecular complexity index is 574. The fourth-order valence-corrected chi connectivity index (χ4v) is 3.46. The van der Waals surface area contributed by atoms with Crippen molar-refractivity contribution in [2.75, 3.05) is 14.1 Å². The molecule has 0 aromatic heterocycles. The van der Waals surface area contributed by atoms with E-state index in [-0.39, 0.29) is 16.0 Å². The number of halogens is 2. The van der Waals surface area contributed by atoms with Gasteiger partial charge < -0.3 is 5.32 Å². The number of rotatable bonds is 6. The van der Waals surface area contributed by atoms with Crippen LogP contribution >= 0.6 is 23.2 Å². The van der Waals surface area contributed by atoms with Crippen LogP contribution in [0.2, 0.25) is 10.0 Å². The summed E-state index contributed by atoms with van der Waals surface area (Å²) in [6.07, 6.45) is 0. The Hall–Kier alpha value is -0.370. The standard InChI is InChI=1S/C12H19Cl2N3O2S/c1-8(2)15-7-9-5-12(11(14)6-10(9)13)20(18,19)16-17(3)4/h5-6,8,15-16H,7H2,1-4H3. The summed E-state index contributed by atoms with van der Waals surface area (Å²) >= 11 is 12.1. The van der Waals surface area contributed by atoms with Crippen molar-refractivity contribution in [3.05, 3.63) is 27.7 Å². The van der Waals surface area contributed by atoms with Crippen molar-refractivity contribution >= 4 is 33.2 Å². The molecule has 0 aliphatic heterocycles. The van der Waals surface area contributed by atoms with Crippen LogP contribution in [0.25, 0.3) is 0 Å². The zero-order valence-electron chi connectivity index (χ0n) is 11.9. The molecule has 0 radical (unpaired) electrons. The highest BCUT2D eigenvalue weighted by molar-refractivity contribution is 7.89. The highest BCUT2D eigenvalue weighted by atomic mass is 35.5. The summed E-state index contributed by atoms with van der Waals surface area (Å²) in [7, 11) is -0.539. The Kier molecular flexibility index (Phi) is 6.25. The van der Waals surface area contributed by atoms with Gasteiger partial charge in [-0.25, -0.2) is 13.4 Å². The van der Waals surface area contributed by atoms with E-state index in [9.17, 15) is 8.42 Å². The molecule has 1 aromatic rings. The monoisotopic (exact) mass is 339 g/mol. The van der Waals surface area contributed by atoms with Crippen LogP contribution in [-0.4, -0.2) is 33.6 Å². The maximum atomic E-state index is 12.2. The molecule has 0 aliphatic carbocycles. The van der Waals surface area contributed by atoms with Crippen LogP contribution in [-0.2, 0) is 16.6 Å². The molecule has 0 fully saturated rings. The van der Waals surface area contributed by atoms with Crippen molar-refractivity contribution in [3.8, 4) is 0 Å². The first-order valence-electron chi connectivity index (χ1n) is 6.04. The van der Waals surface area contributed by atoms with Gasteiger partial charge in [0.15, 0.2) is 0 Å². The minimum Gasteiger partial charge on any atom is -0.310 e. The summed E-state index contributed by atoms with van der Waals surface area (Å²) in [5.74, 6) is 0. The molecule has 8 heteroatoms. The Morgan fingerprint density at radius 2 is 1.80 bits per heavy atom. The lowest BCUT2D eigenvalue weighted by molar-refractivity contribution is 0.364. The zero-order valence-corrected chi connectivity index (χ0v) is 14.2. The minimum absolute atomic E-state index is 0.0119. The molecule has 0 saturated heterocycles. The number of benzene rings is 1. The molecule has 0 amide bonds. The fourth-order valence-electron chi connectivity index (χ4n) is 1.52. The van der Waals surface area contributed by atoms with Crippen molar-refractivity contribution in [1.82, 2.24) is 15.2 Å². The SMILES string of the molecule is CC(C)NCc1cc(S(=O)(=O)NN(C)C)c(Cl)cc1Cl. The molecular weight excluding hydrogens is 321 g/mol. The average molecular weight is 340 g/mol. The first-order chi connectivity index (χ1) is 9.13. The van der Waals surface area contributed by atoms with E-state index in [1.165, 1.54) is 17.1 Å². The Morgan fingerprint density at radius 1 is 1.20 bits per heavy atom. The summed E-state index contributed by atoms with van der Waals surface area (Å²) in [5.41, 5.74) is 0.684. The number of nitrogens with one attached hydrogen (secondary N) is 2. The van der Waals surface area contributed by atoms with Gasteiger partial charge in [0.25, 0.3) is 10.0 Å². The molecule has 0 unspecified atom stereocenters. The van der Waals surface area contributed by atoms with E-state index in [4.69, 9.17) is 23.2 Å². The normalized spacial score (nSPS) is 12.4. The summed E-state index contributed by atoms with van der Waals surface area (Å²) in [6, 6.07) is 3.21. The van der Waals surface area contributed by atoms with Crippen LogP contribution in [0.5, 0.6) is 0 Å². The lowest BCUT2D eigenvalue weighted by Gasteiger charge is -2.16. The molecule has 1 rings (SSSR count). The van der Waals surface area contributed by atoms with Crippen molar-refractivity contribution in [2.45, 2.75) is 31.3 Å². The topological polar surface area (TPSA) is 61.4 Å². The second kappa shape index (κ2) is 7.06. The summed E-state index contributed by atoms with van der Waals surface area (Å²) in [4.78, 5) is 2.36. The average Bonchev–Trinajstić information content (AvgIpc) is 2.25. The maximum absolute atomic E-state index is 12.2. The fraction of sp³-hybridized carbons (Fsp3) is 0.500. The molecule has 5 nitrogen and oxygen atoms in total. The third kappa shape index (κ3) is 4.87. The van der Waals surface area contributed by atoms with Gasteiger partial charge in [0.05, 0.1) is 5.02 Å². The van der Waals surface area contributed by atoms with Crippen LogP contribution < -0.4 is 10.1 Å². The van der Waals surface area contributed by atoms with E-state index in [2.05, 4.69) is 10.1 Å². The molecule has 0 heterocycles. The van der Waals surface area contributed by atoms with E-state index in [1.807, 2.05) is 13.8 Å². The minimum atomic E-state index is -3.71. The van der Waals surface area contributed by atoms with Crippen LogP contribution in [0.4, 0.5) is 0 Å². The van der Waals surface area contributed by atoms with E-state index in [0.29, 0.717) is 17.1 Å². The predicted molar refractivity (Wildman–Crippen MR) is 82.4 cm³/mol. The summed E-state index contributed by atoms with van der Waals surface area (Å²) < 4.78 is 24.3. The lowest BCUT2D eigenvalue weighted by atomic mass is 10.2. The first kappa shape index (κ1) is 17.7. The van der Waals surface area contributed by atoms with Crippen LogP contribution in [0.3, 0.4) is 0 Å². The largest absolute Gasteiger partial charge is 0.310 e. The van der Waals surface area contributed by atoms with Crippen LogP contribution in [0, 0.1) is 0 Å². The molecule has 2 N–H and O–H groups in total. The van der Waals surface area contributed by atoms with Gasteiger partial charge in [0.1, 0.15) is 4.90 Å². The van der Waals surface area contributed by atoms with Crippen molar-refractivity contribution in [3.63, 3.8) is 0 Å². The predicted octanol–water partition coefficient (Wildman–Crippen LogP) is 2.25. The molecule has 20 heavy (non-hydrogen) atoms. The molecule has 0 saturated carbocycles. The van der Waals surface area contributed by atoms with E-state index in [1.54, 1.807) is 14.1 Å². The molecule has 114 valence electrons. The second-order valence-corrected chi connectivity index (χ2v) is 7.34. The van der Waals surface area contributed by atoms with E-state index >= 15 is 0 Å². The smallest absolute Gasteiger partial charge is 0.254 e. The quantitative estimate of drug-likeness (QED) is 0.780. The molecule has 0 atom stereocenters. The van der Waals surface area contributed by atoms with Gasteiger partial charge in [-0.05, 0) is 17.7 Å². The van der Waals surface area contributed by atoms with E-state index in [0.717, 1.165) is 0 Å². The van der Waals surface area contributed by atoms with Crippen LogP contribution in [0.15, 0.2) is 17.0 Å². The number of sulfonamides is 1. The highest BCUT2D eigenvalue weighted by Gasteiger charge is 2.20. The van der Waals surface area contributed by atoms with Gasteiger partial charge in [-0.1, -0.05) is 37.0 Å². The van der Waals surface area contributed by atoms with Gasteiger partial charge in [-0.15, -0.1) is 4.83 Å². The second-order valence-electron chi connectivity index (χ2n) is 4.90. The summed E-state index contributed by atoms with van der Waals surface area (Å²) in [6.45, 7) is 4.46. The van der Waals surface area contributed by atoms with Crippen molar-refractivity contribution < 1.29 is 8.42 Å².